The van der Waals surface area contributed by atoms with Gasteiger partial charge in [0.2, 0.25) is 11.8 Å². The Morgan fingerprint density at radius 2 is 2.00 bits per heavy atom. The minimum Gasteiger partial charge on any atom is -0.340 e. The van der Waals surface area contributed by atoms with Crippen LogP contribution in [0.5, 0.6) is 0 Å². The van der Waals surface area contributed by atoms with Gasteiger partial charge in [-0.3, -0.25) is 14.5 Å². The first-order valence-electron chi connectivity index (χ1n) is 10.6. The summed E-state index contributed by atoms with van der Waals surface area (Å²) < 4.78 is 3.14. The summed E-state index contributed by atoms with van der Waals surface area (Å²) in [6.07, 6.45) is 5.13. The zero-order chi connectivity index (χ0) is 21.1. The topological polar surface area (TPSA) is 61.7 Å². The van der Waals surface area contributed by atoms with Crippen molar-refractivity contribution in [1.82, 2.24) is 19.4 Å². The Labute approximate surface area is 185 Å². The normalized spacial score (nSPS) is 20.2. The first kappa shape index (κ1) is 21.1. The summed E-state index contributed by atoms with van der Waals surface area (Å²) in [6.45, 7) is 7.68. The van der Waals surface area contributed by atoms with Gasteiger partial charge in [0.1, 0.15) is 5.82 Å². The van der Waals surface area contributed by atoms with Crippen LogP contribution in [0.15, 0.2) is 41.1 Å². The number of aryl methyl sites for hydroxylation is 1. The second-order valence-electron chi connectivity index (χ2n) is 7.94. The molecule has 1 aromatic heterocycles. The summed E-state index contributed by atoms with van der Waals surface area (Å²) in [4.78, 5) is 36.0. The molecule has 1 atom stereocenters. The molecule has 2 aromatic rings. The molecule has 7 nitrogen and oxygen atoms in total. The van der Waals surface area contributed by atoms with Crippen molar-refractivity contribution in [1.29, 1.82) is 0 Å². The summed E-state index contributed by atoms with van der Waals surface area (Å²) >= 11 is 3.45. The lowest BCUT2D eigenvalue weighted by Gasteiger charge is -2.36. The molecule has 3 heterocycles. The number of amides is 2. The van der Waals surface area contributed by atoms with Gasteiger partial charge in [0, 0.05) is 81.2 Å². The molecular weight excluding hydrogens is 446 g/mol. The van der Waals surface area contributed by atoms with Crippen LogP contribution in [0, 0.1) is 5.92 Å². The van der Waals surface area contributed by atoms with E-state index < -0.39 is 0 Å². The standard InChI is InChI=1S/C22H28BrN5O2/c1-2-20-24-6-7-26(20)11-8-25-9-12-27(13-10-25)22(30)17-14-21(29)28(16-17)19-5-3-4-18(23)15-19/h3-7,15,17H,2,8-14,16H2,1H3. The highest BCUT2D eigenvalue weighted by molar-refractivity contribution is 9.10. The van der Waals surface area contributed by atoms with Crippen LogP contribution in [0.2, 0.25) is 0 Å². The third-order valence-corrected chi connectivity index (χ3v) is 6.55. The van der Waals surface area contributed by atoms with Crippen LogP contribution in [0.1, 0.15) is 19.2 Å². The highest BCUT2D eigenvalue weighted by Crippen LogP contribution is 2.28. The maximum absolute atomic E-state index is 13.0. The minimum atomic E-state index is -0.249. The molecule has 0 N–H and O–H groups in total. The molecule has 2 saturated heterocycles. The number of nitrogens with zero attached hydrogens (tertiary/aromatic N) is 5. The van der Waals surface area contributed by atoms with E-state index >= 15 is 0 Å². The molecule has 0 radical (unpaired) electrons. The summed E-state index contributed by atoms with van der Waals surface area (Å²) in [6, 6.07) is 7.68. The largest absolute Gasteiger partial charge is 0.340 e. The molecule has 160 valence electrons. The molecule has 1 aromatic carbocycles. The molecule has 0 spiro atoms. The zero-order valence-electron chi connectivity index (χ0n) is 17.3. The Balaban J connectivity index is 1.28. The fraction of sp³-hybridized carbons (Fsp3) is 0.500. The number of hydrogen-bond donors (Lipinski definition) is 0. The number of aromatic nitrogens is 2. The molecule has 4 rings (SSSR count). The van der Waals surface area contributed by atoms with Gasteiger partial charge in [-0.25, -0.2) is 4.98 Å². The molecule has 0 bridgehead atoms. The van der Waals surface area contributed by atoms with Gasteiger partial charge < -0.3 is 14.4 Å². The van der Waals surface area contributed by atoms with Crippen LogP contribution in [0.4, 0.5) is 5.69 Å². The molecule has 8 heteroatoms. The van der Waals surface area contributed by atoms with Gasteiger partial charge in [0.25, 0.3) is 0 Å². The Bertz CT molecular complexity index is 906. The molecular formula is C22H28BrN5O2. The smallest absolute Gasteiger partial charge is 0.228 e. The van der Waals surface area contributed by atoms with E-state index in [1.54, 1.807) is 4.90 Å². The van der Waals surface area contributed by atoms with Crippen molar-refractivity contribution >= 4 is 33.4 Å². The third-order valence-electron chi connectivity index (χ3n) is 6.05. The number of carbonyl (C=O) groups excluding carboxylic acids is 2. The predicted octanol–water partition coefficient (Wildman–Crippen LogP) is 2.41. The summed E-state index contributed by atoms with van der Waals surface area (Å²) in [5.74, 6) is 1.01. The number of anilines is 1. The van der Waals surface area contributed by atoms with Gasteiger partial charge in [0.15, 0.2) is 0 Å². The fourth-order valence-electron chi connectivity index (χ4n) is 4.32. The van der Waals surface area contributed by atoms with Crippen molar-refractivity contribution in [2.75, 3.05) is 44.2 Å². The minimum absolute atomic E-state index is 0.0251. The number of hydrogen-bond acceptors (Lipinski definition) is 4. The van der Waals surface area contributed by atoms with Crippen LogP contribution in [-0.4, -0.2) is 70.4 Å². The summed E-state index contributed by atoms with van der Waals surface area (Å²) in [7, 11) is 0. The lowest BCUT2D eigenvalue weighted by atomic mass is 10.1. The van der Waals surface area contributed by atoms with E-state index in [9.17, 15) is 9.59 Å². The lowest BCUT2D eigenvalue weighted by Crippen LogP contribution is -2.51. The molecule has 2 fully saturated rings. The average molecular weight is 474 g/mol. The molecule has 2 amide bonds. The van der Waals surface area contributed by atoms with Crippen molar-refractivity contribution in [2.24, 2.45) is 5.92 Å². The quantitative estimate of drug-likeness (QED) is 0.646. The van der Waals surface area contributed by atoms with Crippen molar-refractivity contribution in [3.8, 4) is 0 Å². The van der Waals surface area contributed by atoms with Crippen molar-refractivity contribution in [3.63, 3.8) is 0 Å². The van der Waals surface area contributed by atoms with Gasteiger partial charge in [-0.1, -0.05) is 28.9 Å². The Morgan fingerprint density at radius 3 is 2.73 bits per heavy atom. The maximum Gasteiger partial charge on any atom is 0.228 e. The highest BCUT2D eigenvalue weighted by Gasteiger charge is 2.37. The van der Waals surface area contributed by atoms with Gasteiger partial charge in [-0.05, 0) is 18.2 Å². The van der Waals surface area contributed by atoms with E-state index in [0.29, 0.717) is 13.0 Å². The molecule has 2 aliphatic rings. The van der Waals surface area contributed by atoms with Gasteiger partial charge in [0.05, 0.1) is 5.92 Å². The first-order valence-corrected chi connectivity index (χ1v) is 11.4. The number of piperazine rings is 1. The van der Waals surface area contributed by atoms with E-state index in [1.165, 1.54) is 0 Å². The van der Waals surface area contributed by atoms with Crippen LogP contribution < -0.4 is 4.90 Å². The third kappa shape index (κ3) is 4.59. The van der Waals surface area contributed by atoms with E-state index in [4.69, 9.17) is 0 Å². The number of imidazole rings is 1. The molecule has 2 aliphatic heterocycles. The van der Waals surface area contributed by atoms with Crippen LogP contribution in [0.25, 0.3) is 0 Å². The van der Waals surface area contributed by atoms with Crippen LogP contribution in [0.3, 0.4) is 0 Å². The summed E-state index contributed by atoms with van der Waals surface area (Å²) in [5, 5.41) is 0. The number of carbonyl (C=O) groups is 2. The fourth-order valence-corrected chi connectivity index (χ4v) is 4.71. The van der Waals surface area contributed by atoms with Crippen LogP contribution in [-0.2, 0) is 22.6 Å². The van der Waals surface area contributed by atoms with Crippen molar-refractivity contribution < 1.29 is 9.59 Å². The van der Waals surface area contributed by atoms with Gasteiger partial charge in [-0.15, -0.1) is 0 Å². The second kappa shape index (κ2) is 9.31. The Hall–Kier alpha value is -2.19. The molecule has 0 aliphatic carbocycles. The molecule has 30 heavy (non-hydrogen) atoms. The van der Waals surface area contributed by atoms with Gasteiger partial charge >= 0.3 is 0 Å². The van der Waals surface area contributed by atoms with Crippen molar-refractivity contribution in [2.45, 2.75) is 26.3 Å². The average Bonchev–Trinajstić information content (AvgIpc) is 3.38. The Kier molecular flexibility index (Phi) is 6.53. The number of rotatable bonds is 6. The zero-order valence-corrected chi connectivity index (χ0v) is 18.9. The number of benzene rings is 1. The van der Waals surface area contributed by atoms with E-state index in [2.05, 4.69) is 37.3 Å². The molecule has 1 unspecified atom stereocenters. The second-order valence-corrected chi connectivity index (χ2v) is 8.86. The molecule has 0 saturated carbocycles. The lowest BCUT2D eigenvalue weighted by molar-refractivity contribution is -0.137. The Morgan fingerprint density at radius 1 is 1.20 bits per heavy atom. The highest BCUT2D eigenvalue weighted by atomic mass is 79.9. The van der Waals surface area contributed by atoms with E-state index in [1.807, 2.05) is 41.6 Å². The van der Waals surface area contributed by atoms with E-state index in [-0.39, 0.29) is 17.7 Å². The predicted molar refractivity (Wildman–Crippen MR) is 119 cm³/mol. The first-order chi connectivity index (χ1) is 14.5. The van der Waals surface area contributed by atoms with Gasteiger partial charge in [-0.2, -0.15) is 0 Å². The SMILES string of the molecule is CCc1nccn1CCN1CCN(C(=O)C2CC(=O)N(c3cccc(Br)c3)C2)CC1. The number of halogens is 1. The maximum atomic E-state index is 13.0. The van der Waals surface area contributed by atoms with Crippen molar-refractivity contribution in [3.05, 3.63) is 47.0 Å². The van der Waals surface area contributed by atoms with E-state index in [0.717, 1.165) is 61.7 Å². The monoisotopic (exact) mass is 473 g/mol. The summed E-state index contributed by atoms with van der Waals surface area (Å²) in [5.41, 5.74) is 0.848. The van der Waals surface area contributed by atoms with Crippen LogP contribution >= 0.6 is 15.9 Å².